The minimum Gasteiger partial charge on any atom is -0.493 e. The maximum Gasteiger partial charge on any atom is 0.227 e. The maximum atomic E-state index is 6.11. The molecule has 9 nitrogen and oxygen atoms in total. The molecular weight excluding hydrogens is 480 g/mol. The summed E-state index contributed by atoms with van der Waals surface area (Å²) < 4.78 is 18.3. The molecule has 2 aromatic carbocycles. The van der Waals surface area contributed by atoms with Crippen LogP contribution in [0.3, 0.4) is 0 Å². The predicted molar refractivity (Wildman–Crippen MR) is 142 cm³/mol. The Hall–Kier alpha value is -3.82. The third-order valence-corrected chi connectivity index (χ3v) is 5.77. The molecule has 0 spiro atoms. The lowest BCUT2D eigenvalue weighted by atomic mass is 10.1. The van der Waals surface area contributed by atoms with Gasteiger partial charge in [0.25, 0.3) is 0 Å². The molecule has 0 atom stereocenters. The van der Waals surface area contributed by atoms with E-state index in [-0.39, 0.29) is 0 Å². The first-order chi connectivity index (χ1) is 17.4. The van der Waals surface area contributed by atoms with Crippen LogP contribution in [0, 0.1) is 0 Å². The molecule has 0 aliphatic rings. The van der Waals surface area contributed by atoms with Crippen LogP contribution in [0.15, 0.2) is 54.7 Å². The van der Waals surface area contributed by atoms with Crippen molar-refractivity contribution in [1.29, 1.82) is 0 Å². The summed E-state index contributed by atoms with van der Waals surface area (Å²) in [6, 6.07) is 15.2. The Morgan fingerprint density at radius 3 is 2.22 bits per heavy atom. The molecule has 0 saturated carbocycles. The second-order valence-electron chi connectivity index (χ2n) is 8.25. The van der Waals surface area contributed by atoms with Crippen molar-refractivity contribution in [2.24, 2.45) is 0 Å². The Kier molecular flexibility index (Phi) is 7.92. The smallest absolute Gasteiger partial charge is 0.227 e. The molecule has 0 unspecified atom stereocenters. The topological polar surface area (TPSA) is 86.6 Å². The number of anilines is 2. The van der Waals surface area contributed by atoms with Gasteiger partial charge in [-0.05, 0) is 43.9 Å². The van der Waals surface area contributed by atoms with E-state index < -0.39 is 0 Å². The molecule has 2 heterocycles. The van der Waals surface area contributed by atoms with Crippen LogP contribution >= 0.6 is 11.6 Å². The Labute approximate surface area is 215 Å². The zero-order valence-corrected chi connectivity index (χ0v) is 21.7. The summed E-state index contributed by atoms with van der Waals surface area (Å²) in [7, 11) is 8.79. The third-order valence-electron chi connectivity index (χ3n) is 5.52. The van der Waals surface area contributed by atoms with Gasteiger partial charge >= 0.3 is 0 Å². The summed E-state index contributed by atoms with van der Waals surface area (Å²) in [4.78, 5) is 11.2. The fourth-order valence-electron chi connectivity index (χ4n) is 3.70. The lowest BCUT2D eigenvalue weighted by Gasteiger charge is -2.14. The van der Waals surface area contributed by atoms with Gasteiger partial charge in [-0.2, -0.15) is 5.10 Å². The lowest BCUT2D eigenvalue weighted by molar-refractivity contribution is 0.324. The van der Waals surface area contributed by atoms with E-state index in [0.717, 1.165) is 30.0 Å². The van der Waals surface area contributed by atoms with Crippen molar-refractivity contribution in [3.05, 3.63) is 59.8 Å². The average Bonchev–Trinajstić information content (AvgIpc) is 3.31. The molecule has 2 aromatic heterocycles. The van der Waals surface area contributed by atoms with Gasteiger partial charge in [0.2, 0.25) is 11.7 Å². The van der Waals surface area contributed by atoms with Gasteiger partial charge in [0.1, 0.15) is 5.69 Å². The van der Waals surface area contributed by atoms with Crippen LogP contribution in [0.5, 0.6) is 17.2 Å². The van der Waals surface area contributed by atoms with Crippen LogP contribution < -0.4 is 19.5 Å². The molecule has 0 fully saturated rings. The normalized spacial score (nSPS) is 11.0. The molecule has 4 rings (SSSR count). The molecule has 0 aliphatic heterocycles. The zero-order chi connectivity index (χ0) is 25.7. The van der Waals surface area contributed by atoms with Crippen LogP contribution in [0.25, 0.3) is 22.6 Å². The summed E-state index contributed by atoms with van der Waals surface area (Å²) in [6.07, 6.45) is 1.70. The van der Waals surface area contributed by atoms with Crippen molar-refractivity contribution in [1.82, 2.24) is 24.6 Å². The molecule has 0 bridgehead atoms. The first-order valence-corrected chi connectivity index (χ1v) is 11.7. The summed E-state index contributed by atoms with van der Waals surface area (Å²) in [5.74, 6) is 1.99. The number of nitrogens with zero attached hydrogens (tertiary/aromatic N) is 5. The van der Waals surface area contributed by atoms with Crippen molar-refractivity contribution < 1.29 is 14.2 Å². The largest absolute Gasteiger partial charge is 0.493 e. The Bertz CT molecular complexity index is 1300. The van der Waals surface area contributed by atoms with Crippen LogP contribution in [0.4, 0.5) is 11.6 Å². The number of rotatable bonds is 10. The number of hydrogen-bond donors (Lipinski definition) is 1. The molecule has 0 radical (unpaired) electrons. The van der Waals surface area contributed by atoms with Gasteiger partial charge in [-0.3, -0.25) is 4.68 Å². The van der Waals surface area contributed by atoms with E-state index in [9.17, 15) is 0 Å². The molecule has 0 saturated heterocycles. The van der Waals surface area contributed by atoms with Crippen molar-refractivity contribution in [3.63, 3.8) is 0 Å². The third kappa shape index (κ3) is 5.69. The lowest BCUT2D eigenvalue weighted by Crippen LogP contribution is -2.19. The highest BCUT2D eigenvalue weighted by Gasteiger charge is 2.16. The molecular formula is C26H29ClN6O3. The minimum atomic E-state index is 0.414. The number of nitrogens with one attached hydrogen (secondary N) is 1. The molecule has 10 heteroatoms. The van der Waals surface area contributed by atoms with Crippen molar-refractivity contribution in [3.8, 4) is 39.9 Å². The van der Waals surface area contributed by atoms with Crippen LogP contribution in [-0.2, 0) is 6.54 Å². The van der Waals surface area contributed by atoms with E-state index in [0.29, 0.717) is 39.6 Å². The van der Waals surface area contributed by atoms with E-state index in [2.05, 4.69) is 15.2 Å². The van der Waals surface area contributed by atoms with Gasteiger partial charge < -0.3 is 24.4 Å². The highest BCUT2D eigenvalue weighted by Crippen LogP contribution is 2.40. The fraction of sp³-hybridized carbons (Fsp3) is 0.269. The monoisotopic (exact) mass is 508 g/mol. The molecule has 0 amide bonds. The Morgan fingerprint density at radius 1 is 0.917 bits per heavy atom. The molecule has 4 aromatic rings. The van der Waals surface area contributed by atoms with E-state index in [1.54, 1.807) is 39.7 Å². The second kappa shape index (κ2) is 11.3. The van der Waals surface area contributed by atoms with Gasteiger partial charge in [-0.1, -0.05) is 23.7 Å². The number of methoxy groups -OCH3 is 3. The first kappa shape index (κ1) is 25.3. The summed E-state index contributed by atoms with van der Waals surface area (Å²) in [6.45, 7) is 1.58. The van der Waals surface area contributed by atoms with Crippen LogP contribution in [0.2, 0.25) is 5.02 Å². The Morgan fingerprint density at radius 2 is 1.61 bits per heavy atom. The second-order valence-corrected chi connectivity index (χ2v) is 8.69. The van der Waals surface area contributed by atoms with Crippen molar-refractivity contribution in [2.75, 3.05) is 47.3 Å². The summed E-state index contributed by atoms with van der Waals surface area (Å²) in [5, 5.41) is 8.77. The summed E-state index contributed by atoms with van der Waals surface area (Å²) in [5.41, 5.74) is 4.15. The first-order valence-electron chi connectivity index (χ1n) is 11.3. The SMILES string of the molecule is COc1cc(Nc2nccc(-c3cc(-c4ccc(Cl)cc4)n(CCN(C)C)n3)n2)cc(OC)c1OC. The van der Waals surface area contributed by atoms with Crippen molar-refractivity contribution >= 4 is 23.2 Å². The molecule has 0 aliphatic carbocycles. The highest BCUT2D eigenvalue weighted by atomic mass is 35.5. The number of ether oxygens (including phenoxy) is 3. The number of aromatic nitrogens is 4. The zero-order valence-electron chi connectivity index (χ0n) is 20.9. The molecule has 1 N–H and O–H groups in total. The van der Waals surface area contributed by atoms with Gasteiger partial charge in [-0.25, -0.2) is 9.97 Å². The van der Waals surface area contributed by atoms with Gasteiger partial charge in [0.05, 0.1) is 39.3 Å². The number of likely N-dealkylation sites (N-methyl/N-ethyl adjacent to an activating group) is 1. The van der Waals surface area contributed by atoms with E-state index in [1.807, 2.05) is 55.2 Å². The number of hydrogen-bond acceptors (Lipinski definition) is 8. The minimum absolute atomic E-state index is 0.414. The predicted octanol–water partition coefficient (Wildman–Crippen LogP) is 4.99. The number of halogens is 1. The van der Waals surface area contributed by atoms with E-state index >= 15 is 0 Å². The van der Waals surface area contributed by atoms with Gasteiger partial charge in [0.15, 0.2) is 11.5 Å². The molecule has 188 valence electrons. The highest BCUT2D eigenvalue weighted by molar-refractivity contribution is 6.30. The fourth-order valence-corrected chi connectivity index (χ4v) is 3.83. The van der Waals surface area contributed by atoms with Gasteiger partial charge in [0, 0.05) is 35.6 Å². The maximum absolute atomic E-state index is 6.11. The Balaban J connectivity index is 1.67. The number of benzene rings is 2. The standard InChI is InChI=1S/C26H29ClN6O3/c1-32(2)12-13-33-22(17-6-8-18(27)9-7-17)16-21(31-33)20-10-11-28-26(30-20)29-19-14-23(34-3)25(36-5)24(15-19)35-4/h6-11,14-16H,12-13H2,1-5H3,(H,28,29,30). The van der Waals surface area contributed by atoms with Crippen molar-refractivity contribution in [2.45, 2.75) is 6.54 Å². The van der Waals surface area contributed by atoms with E-state index in [1.165, 1.54) is 0 Å². The molecule has 36 heavy (non-hydrogen) atoms. The average molecular weight is 509 g/mol. The van der Waals surface area contributed by atoms with Crippen LogP contribution in [-0.4, -0.2) is 66.6 Å². The summed E-state index contributed by atoms with van der Waals surface area (Å²) >= 11 is 6.11. The van der Waals surface area contributed by atoms with Crippen LogP contribution in [0.1, 0.15) is 0 Å². The van der Waals surface area contributed by atoms with Gasteiger partial charge in [-0.15, -0.1) is 0 Å². The van der Waals surface area contributed by atoms with E-state index in [4.69, 9.17) is 35.9 Å². The quantitative estimate of drug-likeness (QED) is 0.320.